The number of hydrogen-bond donors (Lipinski definition) is 0. The summed E-state index contributed by atoms with van der Waals surface area (Å²) in [7, 11) is 3.18. The number of carbonyl (C=O) groups is 1. The van der Waals surface area contributed by atoms with Crippen molar-refractivity contribution in [3.63, 3.8) is 0 Å². The number of carbonyl (C=O) groups excluding carboxylic acids is 1. The maximum atomic E-state index is 13.1. The first-order chi connectivity index (χ1) is 12.5. The van der Waals surface area contributed by atoms with Crippen LogP contribution in [0.15, 0.2) is 17.5 Å². The summed E-state index contributed by atoms with van der Waals surface area (Å²) >= 11 is 3.84. The Morgan fingerprint density at radius 2 is 1.88 bits per heavy atom. The summed E-state index contributed by atoms with van der Waals surface area (Å²) in [5.41, 5.74) is 1.70. The van der Waals surface area contributed by atoms with E-state index in [1.165, 1.54) is 0 Å². The molecule has 1 aliphatic rings. The first-order valence-corrected chi connectivity index (χ1v) is 10.4. The van der Waals surface area contributed by atoms with Crippen LogP contribution in [-0.2, 0) is 0 Å². The number of nitrogens with zero attached hydrogens (tertiary/aromatic N) is 3. The van der Waals surface area contributed by atoms with Gasteiger partial charge in [0.05, 0.1) is 25.5 Å². The predicted octanol–water partition coefficient (Wildman–Crippen LogP) is 3.43. The zero-order valence-electron chi connectivity index (χ0n) is 15.1. The Kier molecular flexibility index (Phi) is 6.23. The summed E-state index contributed by atoms with van der Waals surface area (Å²) in [6, 6.07) is 3.62. The molecule has 140 valence electrons. The molecular formula is C18H22IN3O3S. The first-order valence-electron chi connectivity index (χ1n) is 8.41. The Balaban J connectivity index is 1.76. The Morgan fingerprint density at radius 1 is 1.15 bits per heavy atom. The highest BCUT2D eigenvalue weighted by Crippen LogP contribution is 2.32. The molecule has 8 heteroatoms. The van der Waals surface area contributed by atoms with E-state index in [1.807, 2.05) is 17.9 Å². The van der Waals surface area contributed by atoms with Crippen molar-refractivity contribution in [2.75, 3.05) is 45.3 Å². The number of rotatable bonds is 4. The standard InChI is InChI=1S/C18H22IN3O3S/c1-12-11-26-18(20-12)22-6-4-5-21(7-8-22)17(23)13-9-15(24-2)16(25-3)10-14(13)19/h9-11H,4-8H2,1-3H3. The van der Waals surface area contributed by atoms with E-state index < -0.39 is 0 Å². The molecule has 0 aliphatic carbocycles. The van der Waals surface area contributed by atoms with Gasteiger partial charge in [-0.15, -0.1) is 11.3 Å². The van der Waals surface area contributed by atoms with Gasteiger partial charge in [-0.05, 0) is 48.1 Å². The number of amides is 1. The third-order valence-electron chi connectivity index (χ3n) is 4.36. The van der Waals surface area contributed by atoms with Gasteiger partial charge in [0, 0.05) is 35.1 Å². The quantitative estimate of drug-likeness (QED) is 0.619. The van der Waals surface area contributed by atoms with Gasteiger partial charge in [0.25, 0.3) is 5.91 Å². The molecule has 1 fully saturated rings. The lowest BCUT2D eigenvalue weighted by Crippen LogP contribution is -2.35. The molecule has 1 aliphatic heterocycles. The van der Waals surface area contributed by atoms with E-state index in [1.54, 1.807) is 31.6 Å². The molecule has 2 aromatic rings. The molecule has 26 heavy (non-hydrogen) atoms. The maximum Gasteiger partial charge on any atom is 0.255 e. The van der Waals surface area contributed by atoms with Crippen molar-refractivity contribution in [1.82, 2.24) is 9.88 Å². The fourth-order valence-electron chi connectivity index (χ4n) is 2.99. The second-order valence-corrected chi connectivity index (χ2v) is 8.09. The molecule has 2 heterocycles. The number of aromatic nitrogens is 1. The van der Waals surface area contributed by atoms with E-state index in [4.69, 9.17) is 9.47 Å². The summed E-state index contributed by atoms with van der Waals surface area (Å²) in [4.78, 5) is 21.8. The highest BCUT2D eigenvalue weighted by molar-refractivity contribution is 14.1. The van der Waals surface area contributed by atoms with Gasteiger partial charge in [0.1, 0.15) is 0 Å². The third-order valence-corrected chi connectivity index (χ3v) is 6.28. The van der Waals surface area contributed by atoms with Crippen LogP contribution in [0.4, 0.5) is 5.13 Å². The predicted molar refractivity (Wildman–Crippen MR) is 112 cm³/mol. The molecule has 1 amide bonds. The Labute approximate surface area is 171 Å². The lowest BCUT2D eigenvalue weighted by atomic mass is 10.1. The molecule has 0 spiro atoms. The lowest BCUT2D eigenvalue weighted by molar-refractivity contribution is 0.0765. The van der Waals surface area contributed by atoms with Gasteiger partial charge < -0.3 is 19.3 Å². The SMILES string of the molecule is COc1cc(I)c(C(=O)N2CCCN(c3nc(C)cs3)CC2)cc1OC. The first kappa shape index (κ1) is 19.2. The van der Waals surface area contributed by atoms with Crippen molar-refractivity contribution in [2.45, 2.75) is 13.3 Å². The molecule has 0 atom stereocenters. The molecule has 0 N–H and O–H groups in total. The molecule has 0 bridgehead atoms. The second kappa shape index (κ2) is 8.43. The van der Waals surface area contributed by atoms with Crippen LogP contribution >= 0.6 is 33.9 Å². The minimum atomic E-state index is 0.0347. The van der Waals surface area contributed by atoms with Crippen LogP contribution in [0.3, 0.4) is 0 Å². The van der Waals surface area contributed by atoms with Gasteiger partial charge >= 0.3 is 0 Å². The molecule has 1 aromatic carbocycles. The number of hydrogen-bond acceptors (Lipinski definition) is 6. The van der Waals surface area contributed by atoms with Crippen molar-refractivity contribution in [2.24, 2.45) is 0 Å². The number of anilines is 1. The smallest absolute Gasteiger partial charge is 0.255 e. The summed E-state index contributed by atoms with van der Waals surface area (Å²) in [6.07, 6.45) is 0.925. The van der Waals surface area contributed by atoms with E-state index in [2.05, 4.69) is 37.9 Å². The molecule has 0 saturated carbocycles. The molecule has 6 nitrogen and oxygen atoms in total. The topological polar surface area (TPSA) is 54.9 Å². The van der Waals surface area contributed by atoms with E-state index in [0.29, 0.717) is 23.6 Å². The molecule has 1 aromatic heterocycles. The Bertz CT molecular complexity index is 796. The molecule has 0 unspecified atom stereocenters. The number of benzene rings is 1. The maximum absolute atomic E-state index is 13.1. The van der Waals surface area contributed by atoms with Gasteiger partial charge in [-0.3, -0.25) is 4.79 Å². The van der Waals surface area contributed by atoms with Crippen LogP contribution in [0.2, 0.25) is 0 Å². The Hall–Kier alpha value is -1.55. The van der Waals surface area contributed by atoms with Gasteiger partial charge in [-0.25, -0.2) is 4.98 Å². The van der Waals surface area contributed by atoms with E-state index >= 15 is 0 Å². The minimum absolute atomic E-state index is 0.0347. The fraction of sp³-hybridized carbons (Fsp3) is 0.444. The zero-order chi connectivity index (χ0) is 18.7. The molecular weight excluding hydrogens is 465 g/mol. The molecule has 0 radical (unpaired) electrons. The van der Waals surface area contributed by atoms with Crippen molar-refractivity contribution >= 4 is 45.0 Å². The van der Waals surface area contributed by atoms with Crippen LogP contribution < -0.4 is 14.4 Å². The van der Waals surface area contributed by atoms with Crippen molar-refractivity contribution in [3.05, 3.63) is 32.3 Å². The van der Waals surface area contributed by atoms with Gasteiger partial charge in [-0.1, -0.05) is 0 Å². The van der Waals surface area contributed by atoms with E-state index in [0.717, 1.165) is 40.5 Å². The summed E-state index contributed by atoms with van der Waals surface area (Å²) < 4.78 is 11.5. The lowest BCUT2D eigenvalue weighted by Gasteiger charge is -2.22. The minimum Gasteiger partial charge on any atom is -0.493 e. The average molecular weight is 487 g/mol. The largest absolute Gasteiger partial charge is 0.493 e. The fourth-order valence-corrected chi connectivity index (χ4v) is 4.51. The molecule has 1 saturated heterocycles. The van der Waals surface area contributed by atoms with Crippen LogP contribution in [-0.4, -0.2) is 56.2 Å². The highest BCUT2D eigenvalue weighted by atomic mass is 127. The second-order valence-electron chi connectivity index (χ2n) is 6.09. The van der Waals surface area contributed by atoms with Crippen molar-refractivity contribution in [1.29, 1.82) is 0 Å². The summed E-state index contributed by atoms with van der Waals surface area (Å²) in [5, 5.41) is 3.10. The van der Waals surface area contributed by atoms with Crippen molar-refractivity contribution in [3.8, 4) is 11.5 Å². The zero-order valence-corrected chi connectivity index (χ0v) is 18.1. The van der Waals surface area contributed by atoms with Crippen LogP contribution in [0, 0.1) is 10.5 Å². The van der Waals surface area contributed by atoms with Crippen LogP contribution in [0.25, 0.3) is 0 Å². The van der Waals surface area contributed by atoms with Crippen LogP contribution in [0.5, 0.6) is 11.5 Å². The van der Waals surface area contributed by atoms with Gasteiger partial charge in [0.2, 0.25) is 0 Å². The number of methoxy groups -OCH3 is 2. The van der Waals surface area contributed by atoms with Gasteiger partial charge in [0.15, 0.2) is 16.6 Å². The van der Waals surface area contributed by atoms with E-state index in [9.17, 15) is 4.79 Å². The highest BCUT2D eigenvalue weighted by Gasteiger charge is 2.24. The van der Waals surface area contributed by atoms with Crippen LogP contribution in [0.1, 0.15) is 22.5 Å². The monoisotopic (exact) mass is 487 g/mol. The van der Waals surface area contributed by atoms with E-state index in [-0.39, 0.29) is 5.91 Å². The number of ether oxygens (including phenoxy) is 2. The van der Waals surface area contributed by atoms with Crippen molar-refractivity contribution < 1.29 is 14.3 Å². The normalized spacial score (nSPS) is 14.9. The number of halogens is 1. The van der Waals surface area contributed by atoms with Gasteiger partial charge in [-0.2, -0.15) is 0 Å². The third kappa shape index (κ3) is 4.06. The number of thiazole rings is 1. The average Bonchev–Trinajstić information content (AvgIpc) is 2.93. The Morgan fingerprint density at radius 3 is 2.54 bits per heavy atom. The summed E-state index contributed by atoms with van der Waals surface area (Å²) in [6.45, 7) is 5.14. The number of aryl methyl sites for hydroxylation is 1. The molecule has 3 rings (SSSR count). The summed E-state index contributed by atoms with van der Waals surface area (Å²) in [5.74, 6) is 1.24.